The number of nitrogens with zero attached hydrogens (tertiary/aromatic N) is 5. The van der Waals surface area contributed by atoms with Crippen LogP contribution in [0.15, 0.2) is 4.52 Å². The first-order chi connectivity index (χ1) is 9.32. The molecule has 20 heavy (non-hydrogen) atoms. The molecule has 2 aromatic rings. The Balaban J connectivity index is 2.28. The lowest BCUT2D eigenvalue weighted by molar-refractivity contribution is 0.0705. The zero-order valence-electron chi connectivity index (χ0n) is 12.0. The predicted molar refractivity (Wildman–Crippen MR) is 72.5 cm³/mol. The maximum atomic E-state index is 12.5. The molecule has 0 fully saturated rings. The van der Waals surface area contributed by atoms with Gasteiger partial charge in [0.15, 0.2) is 5.82 Å². The van der Waals surface area contributed by atoms with E-state index >= 15 is 0 Å². The van der Waals surface area contributed by atoms with Crippen molar-refractivity contribution in [3.05, 3.63) is 28.1 Å². The van der Waals surface area contributed by atoms with E-state index in [1.165, 1.54) is 9.58 Å². The van der Waals surface area contributed by atoms with Crippen molar-refractivity contribution in [3.8, 4) is 0 Å². The van der Waals surface area contributed by atoms with Gasteiger partial charge in [0.2, 0.25) is 5.89 Å². The summed E-state index contributed by atoms with van der Waals surface area (Å²) in [5, 5.41) is 8.22. The molecule has 7 nitrogen and oxygen atoms in total. The van der Waals surface area contributed by atoms with E-state index < -0.39 is 0 Å². The second kappa shape index (κ2) is 5.24. The van der Waals surface area contributed by atoms with E-state index in [-0.39, 0.29) is 11.9 Å². The summed E-state index contributed by atoms with van der Waals surface area (Å²) in [6.45, 7) is 5.29. The van der Waals surface area contributed by atoms with Crippen LogP contribution in [-0.4, -0.2) is 37.8 Å². The van der Waals surface area contributed by atoms with Crippen LogP contribution in [0.2, 0.25) is 5.02 Å². The van der Waals surface area contributed by atoms with Gasteiger partial charge in [0.25, 0.3) is 5.91 Å². The first kappa shape index (κ1) is 14.5. The van der Waals surface area contributed by atoms with E-state index in [0.717, 1.165) is 0 Å². The van der Waals surface area contributed by atoms with Gasteiger partial charge in [-0.3, -0.25) is 9.48 Å². The van der Waals surface area contributed by atoms with Crippen LogP contribution in [0.4, 0.5) is 0 Å². The average molecular weight is 298 g/mol. The van der Waals surface area contributed by atoms with Crippen LogP contribution >= 0.6 is 11.6 Å². The van der Waals surface area contributed by atoms with E-state index in [2.05, 4.69) is 15.2 Å². The van der Waals surface area contributed by atoms with E-state index in [1.807, 2.05) is 6.92 Å². The molecule has 1 atom stereocenters. The van der Waals surface area contributed by atoms with E-state index in [4.69, 9.17) is 16.1 Å². The van der Waals surface area contributed by atoms with Gasteiger partial charge in [0.1, 0.15) is 11.7 Å². The standard InChI is InChI=1S/C12H16ClN5O2/c1-6-9(13)10(18(5)15-6)12(19)17(4)7(2)11-14-8(3)16-20-11/h7H,1-5H3/t7-/m1/s1. The van der Waals surface area contributed by atoms with Crippen molar-refractivity contribution in [2.24, 2.45) is 7.05 Å². The maximum Gasteiger partial charge on any atom is 0.274 e. The molecule has 0 saturated heterocycles. The molecule has 0 unspecified atom stereocenters. The topological polar surface area (TPSA) is 77.0 Å². The Morgan fingerprint density at radius 3 is 2.55 bits per heavy atom. The van der Waals surface area contributed by atoms with Crippen molar-refractivity contribution in [2.75, 3.05) is 7.05 Å². The quantitative estimate of drug-likeness (QED) is 0.865. The Kier molecular flexibility index (Phi) is 3.80. The van der Waals surface area contributed by atoms with Crippen LogP contribution < -0.4 is 0 Å². The SMILES string of the molecule is Cc1noc([C@@H](C)N(C)C(=O)c2c(Cl)c(C)nn2C)n1. The third-order valence-electron chi connectivity index (χ3n) is 3.15. The molecule has 2 rings (SSSR count). The molecule has 0 bridgehead atoms. The summed E-state index contributed by atoms with van der Waals surface area (Å²) in [6, 6.07) is -0.352. The summed E-state index contributed by atoms with van der Waals surface area (Å²) in [4.78, 5) is 18.1. The predicted octanol–water partition coefficient (Wildman–Crippen LogP) is 1.91. The number of halogens is 1. The Morgan fingerprint density at radius 2 is 2.10 bits per heavy atom. The average Bonchev–Trinajstić information content (AvgIpc) is 2.92. The fourth-order valence-electron chi connectivity index (χ4n) is 1.86. The minimum atomic E-state index is -0.352. The third-order valence-corrected chi connectivity index (χ3v) is 3.61. The lowest BCUT2D eigenvalue weighted by Crippen LogP contribution is -2.31. The second-order valence-corrected chi connectivity index (χ2v) is 5.02. The number of rotatable bonds is 3. The van der Waals surface area contributed by atoms with Crippen molar-refractivity contribution >= 4 is 17.5 Å². The van der Waals surface area contributed by atoms with E-state index in [1.54, 1.807) is 27.9 Å². The summed E-state index contributed by atoms with van der Waals surface area (Å²) >= 11 is 6.13. The zero-order chi connectivity index (χ0) is 15.0. The van der Waals surface area contributed by atoms with Crippen LogP contribution in [0.25, 0.3) is 0 Å². The molecular weight excluding hydrogens is 282 g/mol. The van der Waals surface area contributed by atoms with Gasteiger partial charge in [-0.2, -0.15) is 10.1 Å². The molecule has 8 heteroatoms. The lowest BCUT2D eigenvalue weighted by atomic mass is 10.2. The van der Waals surface area contributed by atoms with Gasteiger partial charge < -0.3 is 9.42 Å². The summed E-state index contributed by atoms with van der Waals surface area (Å²) in [5.74, 6) is 0.664. The first-order valence-corrected chi connectivity index (χ1v) is 6.47. The van der Waals surface area contributed by atoms with Crippen molar-refractivity contribution in [1.29, 1.82) is 0 Å². The monoisotopic (exact) mass is 297 g/mol. The lowest BCUT2D eigenvalue weighted by Gasteiger charge is -2.22. The molecule has 0 saturated carbocycles. The van der Waals surface area contributed by atoms with Gasteiger partial charge in [-0.25, -0.2) is 0 Å². The number of carbonyl (C=O) groups excluding carboxylic acids is 1. The molecule has 2 aromatic heterocycles. The maximum absolute atomic E-state index is 12.5. The molecule has 0 aromatic carbocycles. The molecule has 0 aliphatic heterocycles. The van der Waals surface area contributed by atoms with Gasteiger partial charge in [0, 0.05) is 14.1 Å². The Morgan fingerprint density at radius 1 is 1.45 bits per heavy atom. The van der Waals surface area contributed by atoms with E-state index in [0.29, 0.717) is 28.1 Å². The number of aromatic nitrogens is 4. The van der Waals surface area contributed by atoms with Gasteiger partial charge in [-0.1, -0.05) is 16.8 Å². The van der Waals surface area contributed by atoms with Crippen molar-refractivity contribution in [1.82, 2.24) is 24.8 Å². The van der Waals surface area contributed by atoms with Crippen molar-refractivity contribution < 1.29 is 9.32 Å². The first-order valence-electron chi connectivity index (χ1n) is 6.09. The number of hydrogen-bond donors (Lipinski definition) is 0. The molecule has 1 amide bonds. The van der Waals surface area contributed by atoms with Crippen LogP contribution in [-0.2, 0) is 7.05 Å². The highest BCUT2D eigenvalue weighted by Gasteiger charge is 2.27. The number of amides is 1. The molecular formula is C12H16ClN5O2. The molecule has 0 aliphatic carbocycles. The Hall–Kier alpha value is -1.89. The fraction of sp³-hybridized carbons (Fsp3) is 0.500. The van der Waals surface area contributed by atoms with Gasteiger partial charge in [-0.05, 0) is 20.8 Å². The highest BCUT2D eigenvalue weighted by atomic mass is 35.5. The smallest absolute Gasteiger partial charge is 0.274 e. The molecule has 0 aliphatic rings. The number of carbonyl (C=O) groups is 1. The highest BCUT2D eigenvalue weighted by molar-refractivity contribution is 6.34. The number of aryl methyl sites for hydroxylation is 3. The van der Waals surface area contributed by atoms with Gasteiger partial charge in [-0.15, -0.1) is 0 Å². The van der Waals surface area contributed by atoms with Crippen LogP contribution in [0.5, 0.6) is 0 Å². The van der Waals surface area contributed by atoms with Gasteiger partial charge in [0.05, 0.1) is 10.7 Å². The van der Waals surface area contributed by atoms with Gasteiger partial charge >= 0.3 is 0 Å². The second-order valence-electron chi connectivity index (χ2n) is 4.64. The van der Waals surface area contributed by atoms with Crippen LogP contribution in [0.3, 0.4) is 0 Å². The third kappa shape index (κ3) is 2.40. The van der Waals surface area contributed by atoms with E-state index in [9.17, 15) is 4.79 Å². The minimum absolute atomic E-state index is 0.249. The molecule has 0 N–H and O–H groups in total. The molecule has 0 spiro atoms. The van der Waals surface area contributed by atoms with Crippen LogP contribution in [0.1, 0.15) is 40.9 Å². The molecule has 0 radical (unpaired) electrons. The largest absolute Gasteiger partial charge is 0.337 e. The Labute approximate surface area is 121 Å². The summed E-state index contributed by atoms with van der Waals surface area (Å²) in [5.41, 5.74) is 0.960. The van der Waals surface area contributed by atoms with Crippen molar-refractivity contribution in [3.63, 3.8) is 0 Å². The number of hydrogen-bond acceptors (Lipinski definition) is 5. The Bertz CT molecular complexity index is 648. The fourth-order valence-corrected chi connectivity index (χ4v) is 2.10. The minimum Gasteiger partial charge on any atom is -0.337 e. The van der Waals surface area contributed by atoms with Crippen molar-refractivity contribution in [2.45, 2.75) is 26.8 Å². The highest BCUT2D eigenvalue weighted by Crippen LogP contribution is 2.24. The summed E-state index contributed by atoms with van der Waals surface area (Å²) in [6.07, 6.45) is 0. The van der Waals surface area contributed by atoms with Crippen LogP contribution in [0, 0.1) is 13.8 Å². The summed E-state index contributed by atoms with van der Waals surface area (Å²) in [7, 11) is 3.34. The summed E-state index contributed by atoms with van der Waals surface area (Å²) < 4.78 is 6.56. The zero-order valence-corrected chi connectivity index (χ0v) is 12.8. The normalized spacial score (nSPS) is 12.5. The molecule has 2 heterocycles. The molecule has 108 valence electrons.